The SMILES string of the molecule is Cc1cc(O)cc(Oc2cc(O)cc(C)c2[C@@H]2OCc3cccc(O)c32)c1. The third-order valence-corrected chi connectivity index (χ3v) is 4.70. The van der Waals surface area contributed by atoms with Crippen LogP contribution in [-0.2, 0) is 11.3 Å². The van der Waals surface area contributed by atoms with Gasteiger partial charge in [0.1, 0.15) is 34.9 Å². The van der Waals surface area contributed by atoms with Crippen molar-refractivity contribution in [3.8, 4) is 28.7 Å². The van der Waals surface area contributed by atoms with Crippen LogP contribution in [0.3, 0.4) is 0 Å². The first kappa shape index (κ1) is 17.2. The summed E-state index contributed by atoms with van der Waals surface area (Å²) in [5.41, 5.74) is 4.00. The van der Waals surface area contributed by atoms with Gasteiger partial charge in [0, 0.05) is 23.3 Å². The lowest BCUT2D eigenvalue weighted by molar-refractivity contribution is 0.0909. The van der Waals surface area contributed by atoms with Crippen LogP contribution >= 0.6 is 0 Å². The van der Waals surface area contributed by atoms with Gasteiger partial charge in [0.15, 0.2) is 0 Å². The molecule has 5 heteroatoms. The number of phenols is 3. The average Bonchev–Trinajstić information content (AvgIpc) is 2.98. The van der Waals surface area contributed by atoms with E-state index in [4.69, 9.17) is 9.47 Å². The molecule has 5 nitrogen and oxygen atoms in total. The van der Waals surface area contributed by atoms with Crippen molar-refractivity contribution >= 4 is 0 Å². The number of aromatic hydroxyl groups is 3. The second-order valence-corrected chi connectivity index (χ2v) is 6.82. The number of hydrogen-bond acceptors (Lipinski definition) is 5. The van der Waals surface area contributed by atoms with Crippen molar-refractivity contribution in [2.75, 3.05) is 0 Å². The Morgan fingerprint density at radius 1 is 0.926 bits per heavy atom. The van der Waals surface area contributed by atoms with E-state index in [2.05, 4.69) is 0 Å². The molecular formula is C22H20O5. The molecule has 0 saturated heterocycles. The molecule has 3 N–H and O–H groups in total. The number of phenolic OH excluding ortho intramolecular Hbond substituents is 3. The average molecular weight is 364 g/mol. The summed E-state index contributed by atoms with van der Waals surface area (Å²) < 4.78 is 12.0. The first-order valence-electron chi connectivity index (χ1n) is 8.67. The molecule has 27 heavy (non-hydrogen) atoms. The molecule has 0 spiro atoms. The lowest BCUT2D eigenvalue weighted by atomic mass is 9.94. The molecular weight excluding hydrogens is 344 g/mol. The number of ether oxygens (including phenoxy) is 2. The third-order valence-electron chi connectivity index (χ3n) is 4.70. The summed E-state index contributed by atoms with van der Waals surface area (Å²) in [6.45, 7) is 4.10. The van der Waals surface area contributed by atoms with Crippen LogP contribution in [0, 0.1) is 13.8 Å². The van der Waals surface area contributed by atoms with Crippen LogP contribution in [-0.4, -0.2) is 15.3 Å². The van der Waals surface area contributed by atoms with Gasteiger partial charge < -0.3 is 24.8 Å². The van der Waals surface area contributed by atoms with E-state index in [1.807, 2.05) is 19.9 Å². The van der Waals surface area contributed by atoms with Crippen LogP contribution in [0.2, 0.25) is 0 Å². The van der Waals surface area contributed by atoms with E-state index >= 15 is 0 Å². The molecule has 3 aromatic carbocycles. The molecule has 0 aliphatic carbocycles. The second kappa shape index (κ2) is 6.52. The largest absolute Gasteiger partial charge is 0.508 e. The molecule has 0 unspecified atom stereocenters. The van der Waals surface area contributed by atoms with Gasteiger partial charge in [0.2, 0.25) is 0 Å². The highest BCUT2D eigenvalue weighted by molar-refractivity contribution is 5.56. The van der Waals surface area contributed by atoms with E-state index in [1.54, 1.807) is 30.3 Å². The van der Waals surface area contributed by atoms with E-state index in [0.29, 0.717) is 23.7 Å². The highest BCUT2D eigenvalue weighted by Crippen LogP contribution is 2.47. The van der Waals surface area contributed by atoms with E-state index < -0.39 is 6.10 Å². The Kier molecular flexibility index (Phi) is 4.16. The van der Waals surface area contributed by atoms with Gasteiger partial charge in [-0.2, -0.15) is 0 Å². The lowest BCUT2D eigenvalue weighted by Crippen LogP contribution is -2.04. The summed E-state index contributed by atoms with van der Waals surface area (Å²) >= 11 is 0. The van der Waals surface area contributed by atoms with Crippen LogP contribution in [0.4, 0.5) is 0 Å². The van der Waals surface area contributed by atoms with Crippen molar-refractivity contribution in [3.05, 3.63) is 76.3 Å². The van der Waals surface area contributed by atoms with Gasteiger partial charge in [-0.25, -0.2) is 0 Å². The second-order valence-electron chi connectivity index (χ2n) is 6.82. The Morgan fingerprint density at radius 3 is 2.48 bits per heavy atom. The van der Waals surface area contributed by atoms with Gasteiger partial charge in [-0.05, 0) is 54.8 Å². The number of hydrogen-bond donors (Lipinski definition) is 3. The third kappa shape index (κ3) is 3.17. The summed E-state index contributed by atoms with van der Waals surface area (Å²) in [6.07, 6.45) is -0.504. The van der Waals surface area contributed by atoms with Crippen molar-refractivity contribution in [2.45, 2.75) is 26.6 Å². The van der Waals surface area contributed by atoms with Crippen LogP contribution < -0.4 is 4.74 Å². The van der Waals surface area contributed by atoms with Crippen molar-refractivity contribution < 1.29 is 24.8 Å². The summed E-state index contributed by atoms with van der Waals surface area (Å²) in [4.78, 5) is 0. The molecule has 4 rings (SSSR count). The Hall–Kier alpha value is -3.18. The standard InChI is InChI=1S/C22H20O5/c1-12-6-15(23)9-17(7-12)27-19-10-16(24)8-13(2)20(19)22-21-14(11-26-22)4-3-5-18(21)25/h3-10,22-25H,11H2,1-2H3/t22-/m0/s1. The van der Waals surface area contributed by atoms with E-state index in [0.717, 1.165) is 22.3 Å². The first-order chi connectivity index (χ1) is 12.9. The number of benzene rings is 3. The summed E-state index contributed by atoms with van der Waals surface area (Å²) in [5.74, 6) is 1.21. The molecule has 0 aromatic heterocycles. The number of aryl methyl sites for hydroxylation is 2. The zero-order chi connectivity index (χ0) is 19.1. The van der Waals surface area contributed by atoms with Crippen molar-refractivity contribution in [1.29, 1.82) is 0 Å². The van der Waals surface area contributed by atoms with E-state index in [1.165, 1.54) is 12.1 Å². The molecule has 3 aromatic rings. The van der Waals surface area contributed by atoms with Crippen LogP contribution in [0.25, 0.3) is 0 Å². The maximum atomic E-state index is 10.4. The van der Waals surface area contributed by atoms with E-state index in [9.17, 15) is 15.3 Å². The van der Waals surface area contributed by atoms with Crippen LogP contribution in [0.5, 0.6) is 28.7 Å². The Morgan fingerprint density at radius 2 is 1.70 bits per heavy atom. The molecule has 0 fully saturated rings. The Bertz CT molecular complexity index is 1010. The molecule has 1 aliphatic rings. The quantitative estimate of drug-likeness (QED) is 0.620. The molecule has 0 amide bonds. The van der Waals surface area contributed by atoms with Crippen molar-refractivity contribution in [2.24, 2.45) is 0 Å². The van der Waals surface area contributed by atoms with Gasteiger partial charge in [-0.15, -0.1) is 0 Å². The van der Waals surface area contributed by atoms with Gasteiger partial charge >= 0.3 is 0 Å². The molecule has 0 bridgehead atoms. The molecule has 1 heterocycles. The minimum absolute atomic E-state index is 0.0682. The monoisotopic (exact) mass is 364 g/mol. The smallest absolute Gasteiger partial charge is 0.137 e. The number of fused-ring (bicyclic) bond motifs is 1. The molecule has 0 saturated carbocycles. The maximum Gasteiger partial charge on any atom is 0.137 e. The maximum absolute atomic E-state index is 10.4. The van der Waals surface area contributed by atoms with Gasteiger partial charge in [-0.3, -0.25) is 0 Å². The predicted molar refractivity (Wildman–Crippen MR) is 101 cm³/mol. The topological polar surface area (TPSA) is 79.2 Å². The summed E-state index contributed by atoms with van der Waals surface area (Å²) in [7, 11) is 0. The van der Waals surface area contributed by atoms with Gasteiger partial charge in [-0.1, -0.05) is 12.1 Å². The zero-order valence-electron chi connectivity index (χ0n) is 15.1. The predicted octanol–water partition coefficient (Wildman–Crippen LogP) is 4.83. The molecule has 138 valence electrons. The summed E-state index contributed by atoms with van der Waals surface area (Å²) in [5, 5.41) is 30.3. The minimum atomic E-state index is -0.504. The highest BCUT2D eigenvalue weighted by Gasteiger charge is 2.32. The van der Waals surface area contributed by atoms with Gasteiger partial charge in [0.25, 0.3) is 0 Å². The van der Waals surface area contributed by atoms with Crippen molar-refractivity contribution in [3.63, 3.8) is 0 Å². The fourth-order valence-corrected chi connectivity index (χ4v) is 3.59. The minimum Gasteiger partial charge on any atom is -0.508 e. The highest BCUT2D eigenvalue weighted by atomic mass is 16.5. The van der Waals surface area contributed by atoms with Gasteiger partial charge in [0.05, 0.1) is 6.61 Å². The van der Waals surface area contributed by atoms with E-state index in [-0.39, 0.29) is 17.2 Å². The van der Waals surface area contributed by atoms with Crippen LogP contribution in [0.1, 0.15) is 33.9 Å². The van der Waals surface area contributed by atoms with Crippen LogP contribution in [0.15, 0.2) is 48.5 Å². The molecule has 0 radical (unpaired) electrons. The first-order valence-corrected chi connectivity index (χ1v) is 8.67. The summed E-state index contributed by atoms with van der Waals surface area (Å²) in [6, 6.07) is 13.4. The number of rotatable bonds is 3. The molecule has 1 atom stereocenters. The van der Waals surface area contributed by atoms with Crippen molar-refractivity contribution in [1.82, 2.24) is 0 Å². The normalized spacial score (nSPS) is 15.6. The Balaban J connectivity index is 1.83. The molecule has 1 aliphatic heterocycles. The fourth-order valence-electron chi connectivity index (χ4n) is 3.59. The lowest BCUT2D eigenvalue weighted by Gasteiger charge is -2.20. The fraction of sp³-hybridized carbons (Fsp3) is 0.182. The Labute approximate surface area is 157 Å². The zero-order valence-corrected chi connectivity index (χ0v) is 15.1.